The van der Waals surface area contributed by atoms with E-state index < -0.39 is 57.2 Å². The lowest BCUT2D eigenvalue weighted by Crippen LogP contribution is -2.60. The topological polar surface area (TPSA) is 102 Å². The minimum Gasteiger partial charge on any atom is -0.463 e. The van der Waals surface area contributed by atoms with Gasteiger partial charge in [0.15, 0.2) is 14.6 Å². The largest absolute Gasteiger partial charge is 0.463 e. The van der Waals surface area contributed by atoms with Gasteiger partial charge < -0.3 is 38.0 Å². The highest BCUT2D eigenvalue weighted by molar-refractivity contribution is 6.74. The fourth-order valence-corrected chi connectivity index (χ4v) is 6.72. The third-order valence-electron chi connectivity index (χ3n) is 9.40. The molecule has 9 nitrogen and oxygen atoms in total. The van der Waals surface area contributed by atoms with Crippen LogP contribution in [0.15, 0.2) is 115 Å². The summed E-state index contributed by atoms with van der Waals surface area (Å²) < 4.78 is 44.3. The van der Waals surface area contributed by atoms with Gasteiger partial charge in [0.2, 0.25) is 0 Å². The molecule has 0 saturated carbocycles. The van der Waals surface area contributed by atoms with Crippen molar-refractivity contribution in [2.45, 2.75) is 109 Å². The van der Waals surface area contributed by atoms with E-state index in [1.807, 2.05) is 97.1 Å². The second kappa shape index (κ2) is 20.1. The first-order chi connectivity index (χ1) is 24.9. The summed E-state index contributed by atoms with van der Waals surface area (Å²) >= 11 is 0. The Labute approximate surface area is 310 Å². The van der Waals surface area contributed by atoms with Crippen LogP contribution < -0.4 is 0 Å². The van der Waals surface area contributed by atoms with E-state index in [9.17, 15) is 9.90 Å². The van der Waals surface area contributed by atoms with Gasteiger partial charge in [-0.3, -0.25) is 0 Å². The number of hydrogen-bond donors (Lipinski definition) is 1. The number of carbonyl (C=O) groups excluding carboxylic acids is 1. The van der Waals surface area contributed by atoms with Crippen LogP contribution in [0.1, 0.15) is 44.4 Å². The molecule has 0 bridgehead atoms. The number of aliphatic hydroxyl groups excluding tert-OH is 1. The average Bonchev–Trinajstić information content (AvgIpc) is 3.14. The first kappa shape index (κ1) is 41.3. The highest BCUT2D eigenvalue weighted by atomic mass is 28.4. The summed E-state index contributed by atoms with van der Waals surface area (Å²) in [4.78, 5) is 12.1. The molecule has 1 N–H and O–H groups in total. The van der Waals surface area contributed by atoms with Gasteiger partial charge in [0.05, 0.1) is 32.5 Å². The van der Waals surface area contributed by atoms with E-state index in [-0.39, 0.29) is 11.6 Å². The van der Waals surface area contributed by atoms with Gasteiger partial charge in [0.25, 0.3) is 0 Å². The molecule has 3 aromatic rings. The number of ether oxygens (including phenoxy) is 6. The predicted molar refractivity (Wildman–Crippen MR) is 204 cm³/mol. The molecule has 0 spiro atoms. The molecular weight excluding hydrogens is 677 g/mol. The molecular formula is C42H56O9Si. The zero-order valence-electron chi connectivity index (χ0n) is 31.6. The lowest BCUT2D eigenvalue weighted by Gasteiger charge is -2.45. The Hall–Kier alpha value is -3.45. The summed E-state index contributed by atoms with van der Waals surface area (Å²) in [5.41, 5.74) is 2.98. The Kier molecular flexibility index (Phi) is 16.0. The SMILES string of the molecule is CCOC(=O)/C=C/C(O)C(/C=C/[C@H]1O[C@H](OC)[C@H](OCc2ccccc2)[C@@H](OCc2ccccc2)[C@@H]1OCc1ccccc1)O[Si](C)(C)C(C)(C)C. The molecule has 10 heteroatoms. The van der Waals surface area contributed by atoms with Crippen LogP contribution in [0.3, 0.4) is 0 Å². The average molecular weight is 733 g/mol. The van der Waals surface area contributed by atoms with E-state index >= 15 is 0 Å². The van der Waals surface area contributed by atoms with Crippen LogP contribution in [-0.4, -0.2) is 76.0 Å². The molecule has 0 aromatic heterocycles. The number of benzene rings is 3. The van der Waals surface area contributed by atoms with E-state index in [1.165, 1.54) is 12.2 Å². The van der Waals surface area contributed by atoms with Crippen molar-refractivity contribution in [3.63, 3.8) is 0 Å². The fraction of sp³-hybridized carbons (Fsp3) is 0.452. The van der Waals surface area contributed by atoms with Crippen LogP contribution in [0, 0.1) is 0 Å². The van der Waals surface area contributed by atoms with Gasteiger partial charge in [0, 0.05) is 13.2 Å². The number of methoxy groups -OCH3 is 1. The number of rotatable bonds is 18. The normalized spacial score (nSPS) is 22.4. The second-order valence-electron chi connectivity index (χ2n) is 14.3. The van der Waals surface area contributed by atoms with E-state index in [1.54, 1.807) is 20.1 Å². The Balaban J connectivity index is 1.72. The third-order valence-corrected chi connectivity index (χ3v) is 13.9. The molecule has 282 valence electrons. The summed E-state index contributed by atoms with van der Waals surface area (Å²) in [5.74, 6) is -0.538. The summed E-state index contributed by atoms with van der Waals surface area (Å²) in [6.45, 7) is 13.5. The van der Waals surface area contributed by atoms with Crippen molar-refractivity contribution in [1.29, 1.82) is 0 Å². The second-order valence-corrected chi connectivity index (χ2v) is 19.1. The van der Waals surface area contributed by atoms with Crippen LogP contribution in [-0.2, 0) is 57.5 Å². The molecule has 2 unspecified atom stereocenters. The highest BCUT2D eigenvalue weighted by Crippen LogP contribution is 2.38. The molecule has 1 heterocycles. The van der Waals surface area contributed by atoms with Crippen molar-refractivity contribution < 1.29 is 42.7 Å². The van der Waals surface area contributed by atoms with Crippen LogP contribution in [0.5, 0.6) is 0 Å². The Morgan fingerprint density at radius 3 is 1.73 bits per heavy atom. The molecule has 1 saturated heterocycles. The van der Waals surface area contributed by atoms with Crippen molar-refractivity contribution in [3.8, 4) is 0 Å². The van der Waals surface area contributed by atoms with Gasteiger partial charge in [-0.05, 0) is 47.8 Å². The highest BCUT2D eigenvalue weighted by Gasteiger charge is 2.48. The van der Waals surface area contributed by atoms with E-state index in [2.05, 4.69) is 33.9 Å². The van der Waals surface area contributed by atoms with Crippen molar-refractivity contribution in [2.75, 3.05) is 13.7 Å². The fourth-order valence-electron chi connectivity index (χ4n) is 5.47. The monoisotopic (exact) mass is 732 g/mol. The van der Waals surface area contributed by atoms with Crippen molar-refractivity contribution in [3.05, 3.63) is 132 Å². The quantitative estimate of drug-likeness (QED) is 0.0615. The maximum atomic E-state index is 12.1. The summed E-state index contributed by atoms with van der Waals surface area (Å²) in [6.07, 6.45) is 0.858. The van der Waals surface area contributed by atoms with Crippen LogP contribution in [0.25, 0.3) is 0 Å². The number of carbonyl (C=O) groups is 1. The van der Waals surface area contributed by atoms with Gasteiger partial charge in [-0.15, -0.1) is 0 Å². The third kappa shape index (κ3) is 12.3. The standard InChI is InChI=1S/C42H56O9Si/c1-8-46-37(44)27-24-34(43)35(51-52(6,7)42(2,3)4)25-26-36-38(47-28-31-18-12-9-13-19-31)39(48-29-32-20-14-10-15-21-32)40(41(45-5)50-36)49-30-33-22-16-11-17-23-33/h9-27,34-36,38-41,43H,8,28-30H2,1-7H3/b26-25+,27-24+/t34?,35?,36-,38-,39+,40-,41+/m1/s1. The predicted octanol–water partition coefficient (Wildman–Crippen LogP) is 7.54. The lowest BCUT2D eigenvalue weighted by atomic mass is 9.96. The molecule has 0 aliphatic carbocycles. The number of hydrogen-bond acceptors (Lipinski definition) is 9. The Bertz CT molecular complexity index is 1530. The van der Waals surface area contributed by atoms with Crippen molar-refractivity contribution in [1.82, 2.24) is 0 Å². The van der Waals surface area contributed by atoms with E-state index in [4.69, 9.17) is 32.8 Å². The van der Waals surface area contributed by atoms with Crippen molar-refractivity contribution in [2.24, 2.45) is 0 Å². The summed E-state index contributed by atoms with van der Waals surface area (Å²) in [5, 5.41) is 11.2. The minimum absolute atomic E-state index is 0.146. The molecule has 1 aliphatic heterocycles. The van der Waals surface area contributed by atoms with Crippen molar-refractivity contribution >= 4 is 14.3 Å². The van der Waals surface area contributed by atoms with Crippen LogP contribution >= 0.6 is 0 Å². The van der Waals surface area contributed by atoms with Crippen LogP contribution in [0.2, 0.25) is 18.1 Å². The minimum atomic E-state index is -2.41. The number of aliphatic hydroxyl groups is 1. The van der Waals surface area contributed by atoms with E-state index in [0.717, 1.165) is 16.7 Å². The van der Waals surface area contributed by atoms with Gasteiger partial charge in [-0.25, -0.2) is 4.79 Å². The lowest BCUT2D eigenvalue weighted by molar-refractivity contribution is -0.309. The Morgan fingerprint density at radius 2 is 1.27 bits per heavy atom. The Morgan fingerprint density at radius 1 is 0.788 bits per heavy atom. The molecule has 1 aliphatic rings. The first-order valence-corrected chi connectivity index (χ1v) is 20.9. The molecule has 52 heavy (non-hydrogen) atoms. The maximum Gasteiger partial charge on any atom is 0.330 e. The molecule has 3 aromatic carbocycles. The number of esters is 1. The molecule has 0 amide bonds. The summed E-state index contributed by atoms with van der Waals surface area (Å²) in [6, 6.07) is 29.8. The molecule has 1 fully saturated rings. The van der Waals surface area contributed by atoms with Crippen LogP contribution in [0.4, 0.5) is 0 Å². The van der Waals surface area contributed by atoms with Gasteiger partial charge in [0.1, 0.15) is 30.5 Å². The molecule has 7 atom stereocenters. The first-order valence-electron chi connectivity index (χ1n) is 18.0. The molecule has 4 rings (SSSR count). The molecule has 0 radical (unpaired) electrons. The zero-order valence-corrected chi connectivity index (χ0v) is 32.6. The van der Waals surface area contributed by atoms with Gasteiger partial charge >= 0.3 is 5.97 Å². The van der Waals surface area contributed by atoms with Gasteiger partial charge in [-0.1, -0.05) is 124 Å². The van der Waals surface area contributed by atoms with Gasteiger partial charge in [-0.2, -0.15) is 0 Å². The zero-order chi connectivity index (χ0) is 37.6. The van der Waals surface area contributed by atoms with E-state index in [0.29, 0.717) is 19.8 Å². The smallest absolute Gasteiger partial charge is 0.330 e. The summed E-state index contributed by atoms with van der Waals surface area (Å²) in [7, 11) is -0.826. The maximum absolute atomic E-state index is 12.1.